The molecule has 3 fully saturated rings. The van der Waals surface area contributed by atoms with Crippen LogP contribution >= 0.6 is 0 Å². The normalized spacial score (nSPS) is 25.4. The van der Waals surface area contributed by atoms with E-state index >= 15 is 0 Å². The van der Waals surface area contributed by atoms with Crippen LogP contribution in [-0.2, 0) is 4.79 Å². The summed E-state index contributed by atoms with van der Waals surface area (Å²) in [5, 5.41) is 0. The molecule has 160 valence electrons. The molecule has 8 heteroatoms. The Bertz CT molecular complexity index is 1020. The van der Waals surface area contributed by atoms with Gasteiger partial charge in [0.2, 0.25) is 5.91 Å². The lowest BCUT2D eigenvalue weighted by Gasteiger charge is -2.60. The molecule has 3 aliphatic rings. The Morgan fingerprint density at radius 2 is 2.00 bits per heavy atom. The highest BCUT2D eigenvalue weighted by Gasteiger charge is 2.54. The van der Waals surface area contributed by atoms with Crippen molar-refractivity contribution in [3.8, 4) is 0 Å². The summed E-state index contributed by atoms with van der Waals surface area (Å²) >= 11 is 0. The van der Waals surface area contributed by atoms with Crippen LogP contribution in [0, 0.1) is 23.2 Å². The van der Waals surface area contributed by atoms with E-state index in [-0.39, 0.29) is 22.7 Å². The summed E-state index contributed by atoms with van der Waals surface area (Å²) in [5.41, 5.74) is 12.1. The summed E-state index contributed by atoms with van der Waals surface area (Å²) in [4.78, 5) is 43.1. The number of rotatable bonds is 6. The number of aromatic nitrogens is 2. The number of carbonyl (C=O) groups is 3. The third-order valence-corrected chi connectivity index (χ3v) is 7.54. The standard InChI is InChI=1S/C22H29N5O3/c1-12(19(23)28)26(10-13-7-8-14-9-15(13)22(14,2)3)21(30)16-11-27-17(20(24)29)5-4-6-18(27)25-16/h4-6,11-15H,7-10H2,1-3H3,(H2,23,28)(H2,24,29)/t12-,13-,14-,15-/m0/s1. The molecule has 3 saturated carbocycles. The van der Waals surface area contributed by atoms with E-state index in [1.54, 1.807) is 30.0 Å². The fourth-order valence-corrected chi connectivity index (χ4v) is 5.47. The van der Waals surface area contributed by atoms with E-state index < -0.39 is 17.9 Å². The maximum Gasteiger partial charge on any atom is 0.274 e. The van der Waals surface area contributed by atoms with Crippen LogP contribution in [0.4, 0.5) is 0 Å². The number of hydrogen-bond donors (Lipinski definition) is 2. The number of nitrogens with two attached hydrogens (primary N) is 2. The van der Waals surface area contributed by atoms with Crippen molar-refractivity contribution in [2.24, 2.45) is 34.6 Å². The van der Waals surface area contributed by atoms with Gasteiger partial charge in [0, 0.05) is 12.7 Å². The quantitative estimate of drug-likeness (QED) is 0.752. The monoisotopic (exact) mass is 411 g/mol. The molecule has 0 radical (unpaired) electrons. The molecule has 3 amide bonds. The van der Waals surface area contributed by atoms with E-state index in [1.807, 2.05) is 0 Å². The van der Waals surface area contributed by atoms with Gasteiger partial charge in [-0.2, -0.15) is 0 Å². The zero-order chi connectivity index (χ0) is 21.8. The molecule has 0 aromatic carbocycles. The minimum atomic E-state index is -0.751. The molecular weight excluding hydrogens is 382 g/mol. The number of primary amides is 2. The molecule has 8 nitrogen and oxygen atoms in total. The van der Waals surface area contributed by atoms with Gasteiger partial charge < -0.3 is 16.4 Å². The van der Waals surface area contributed by atoms with Gasteiger partial charge in [0.1, 0.15) is 23.1 Å². The van der Waals surface area contributed by atoms with Crippen LogP contribution in [0.25, 0.3) is 5.65 Å². The number of hydrogen-bond acceptors (Lipinski definition) is 4. The molecule has 5 rings (SSSR count). The molecule has 2 heterocycles. The summed E-state index contributed by atoms with van der Waals surface area (Å²) < 4.78 is 1.50. The van der Waals surface area contributed by atoms with Crippen molar-refractivity contribution in [1.82, 2.24) is 14.3 Å². The first-order valence-corrected chi connectivity index (χ1v) is 10.5. The van der Waals surface area contributed by atoms with Crippen molar-refractivity contribution < 1.29 is 14.4 Å². The van der Waals surface area contributed by atoms with Crippen molar-refractivity contribution in [2.45, 2.75) is 46.1 Å². The van der Waals surface area contributed by atoms with E-state index in [4.69, 9.17) is 11.5 Å². The van der Waals surface area contributed by atoms with Gasteiger partial charge in [-0.05, 0) is 61.5 Å². The SMILES string of the molecule is C[C@@H](C(N)=O)N(C[C@@H]1CC[C@H]2C[C@@H]1C2(C)C)C(=O)c1cn2c(C(N)=O)cccc2n1. The van der Waals surface area contributed by atoms with Gasteiger partial charge in [0.05, 0.1) is 0 Å². The second kappa shape index (κ2) is 7.11. The Balaban J connectivity index is 1.65. The number of fused-ring (bicyclic) bond motifs is 3. The summed E-state index contributed by atoms with van der Waals surface area (Å²) in [6.07, 6.45) is 4.88. The second-order valence-electron chi connectivity index (χ2n) is 9.36. The number of amides is 3. The fraction of sp³-hybridized carbons (Fsp3) is 0.545. The van der Waals surface area contributed by atoms with Crippen LogP contribution in [0.15, 0.2) is 24.4 Å². The molecule has 0 saturated heterocycles. The maximum absolute atomic E-state index is 13.4. The Hall–Kier alpha value is -2.90. The second-order valence-corrected chi connectivity index (χ2v) is 9.36. The first kappa shape index (κ1) is 20.4. The first-order valence-electron chi connectivity index (χ1n) is 10.5. The van der Waals surface area contributed by atoms with E-state index in [0.717, 1.165) is 18.8 Å². The van der Waals surface area contributed by atoms with Crippen molar-refractivity contribution >= 4 is 23.4 Å². The summed E-state index contributed by atoms with van der Waals surface area (Å²) in [6, 6.07) is 4.19. The Kier molecular flexibility index (Phi) is 4.83. The molecule has 4 N–H and O–H groups in total. The molecule has 30 heavy (non-hydrogen) atoms. The van der Waals surface area contributed by atoms with E-state index in [1.165, 1.54) is 17.0 Å². The number of carbonyl (C=O) groups excluding carboxylic acids is 3. The van der Waals surface area contributed by atoms with Crippen molar-refractivity contribution in [3.05, 3.63) is 35.8 Å². The Morgan fingerprint density at radius 1 is 1.27 bits per heavy atom. The third-order valence-electron chi connectivity index (χ3n) is 7.54. The van der Waals surface area contributed by atoms with Crippen molar-refractivity contribution in [2.75, 3.05) is 6.54 Å². The van der Waals surface area contributed by atoms with E-state index in [0.29, 0.717) is 24.0 Å². The maximum atomic E-state index is 13.4. The topological polar surface area (TPSA) is 124 Å². The van der Waals surface area contributed by atoms with Crippen LogP contribution < -0.4 is 11.5 Å². The van der Waals surface area contributed by atoms with Crippen molar-refractivity contribution in [3.63, 3.8) is 0 Å². The van der Waals surface area contributed by atoms with Gasteiger partial charge in [0.25, 0.3) is 11.8 Å². The van der Waals surface area contributed by atoms with E-state index in [9.17, 15) is 14.4 Å². The molecule has 0 spiro atoms. The number of nitrogens with zero attached hydrogens (tertiary/aromatic N) is 3. The highest BCUT2D eigenvalue weighted by Crippen LogP contribution is 2.61. The minimum Gasteiger partial charge on any atom is -0.368 e. The van der Waals surface area contributed by atoms with Gasteiger partial charge in [0.15, 0.2) is 0 Å². The fourth-order valence-electron chi connectivity index (χ4n) is 5.47. The average Bonchev–Trinajstić information content (AvgIpc) is 3.15. The molecule has 0 unspecified atom stereocenters. The number of pyridine rings is 1. The van der Waals surface area contributed by atoms with Crippen LogP contribution in [0.2, 0.25) is 0 Å². The third kappa shape index (κ3) is 3.14. The lowest BCUT2D eigenvalue weighted by atomic mass is 9.45. The average molecular weight is 412 g/mol. The smallest absolute Gasteiger partial charge is 0.274 e. The molecule has 0 aliphatic heterocycles. The predicted molar refractivity (Wildman–Crippen MR) is 112 cm³/mol. The zero-order valence-corrected chi connectivity index (χ0v) is 17.7. The predicted octanol–water partition coefficient (Wildman–Crippen LogP) is 1.82. The molecule has 4 atom stereocenters. The highest BCUT2D eigenvalue weighted by molar-refractivity contribution is 5.97. The minimum absolute atomic E-state index is 0.165. The Labute approximate surface area is 175 Å². The molecule has 2 bridgehead atoms. The van der Waals surface area contributed by atoms with Gasteiger partial charge in [-0.15, -0.1) is 0 Å². The first-order chi connectivity index (χ1) is 14.1. The van der Waals surface area contributed by atoms with Crippen LogP contribution in [0.3, 0.4) is 0 Å². The van der Waals surface area contributed by atoms with Gasteiger partial charge in [-0.3, -0.25) is 18.8 Å². The molecule has 3 aliphatic carbocycles. The summed E-state index contributed by atoms with van der Waals surface area (Å²) in [5.74, 6) is 0.0970. The van der Waals surface area contributed by atoms with E-state index in [2.05, 4.69) is 18.8 Å². The van der Waals surface area contributed by atoms with Crippen LogP contribution in [0.5, 0.6) is 0 Å². The molecule has 2 aromatic heterocycles. The summed E-state index contributed by atoms with van der Waals surface area (Å²) in [7, 11) is 0. The number of imidazole rings is 1. The largest absolute Gasteiger partial charge is 0.368 e. The van der Waals surface area contributed by atoms with Gasteiger partial charge in [-0.25, -0.2) is 4.98 Å². The van der Waals surface area contributed by atoms with Crippen LogP contribution in [-0.4, -0.2) is 44.6 Å². The Morgan fingerprint density at radius 3 is 2.60 bits per heavy atom. The van der Waals surface area contributed by atoms with Gasteiger partial charge in [-0.1, -0.05) is 19.9 Å². The highest BCUT2D eigenvalue weighted by atomic mass is 16.2. The van der Waals surface area contributed by atoms with Gasteiger partial charge >= 0.3 is 0 Å². The lowest BCUT2D eigenvalue weighted by molar-refractivity contribution is -0.125. The van der Waals surface area contributed by atoms with Crippen LogP contribution in [0.1, 0.15) is 61.0 Å². The summed E-state index contributed by atoms with van der Waals surface area (Å²) in [6.45, 7) is 6.73. The molecule has 2 aromatic rings. The lowest BCUT2D eigenvalue weighted by Crippen LogP contribution is -2.57. The van der Waals surface area contributed by atoms with Crippen molar-refractivity contribution in [1.29, 1.82) is 0 Å². The zero-order valence-electron chi connectivity index (χ0n) is 17.7. The molecular formula is C22H29N5O3.